The highest BCUT2D eigenvalue weighted by Crippen LogP contribution is 2.14. The van der Waals surface area contributed by atoms with Crippen molar-refractivity contribution in [3.05, 3.63) is 0 Å². The van der Waals surface area contributed by atoms with Gasteiger partial charge in [-0.15, -0.1) is 0 Å². The molecular formula is C8H18N2OS. The Hall–Kier alpha value is -0.190. The van der Waals surface area contributed by atoms with Gasteiger partial charge in [0.1, 0.15) is 0 Å². The molecule has 0 aromatic carbocycles. The van der Waals surface area contributed by atoms with Crippen molar-refractivity contribution in [2.24, 2.45) is 5.73 Å². The van der Waals surface area contributed by atoms with E-state index in [0.29, 0.717) is 4.99 Å². The lowest BCUT2D eigenvalue weighted by molar-refractivity contribution is 0.0695. The molecule has 0 aliphatic heterocycles. The first kappa shape index (κ1) is 11.8. The Balaban J connectivity index is 4.37. The Morgan fingerprint density at radius 2 is 2.08 bits per heavy atom. The number of aliphatic hydroxyl groups excluding tert-OH is 1. The molecule has 0 bridgehead atoms. The minimum absolute atomic E-state index is 0.0159. The second kappa shape index (κ2) is 4.16. The van der Waals surface area contributed by atoms with Gasteiger partial charge in [0.15, 0.2) is 0 Å². The van der Waals surface area contributed by atoms with Gasteiger partial charge in [-0.1, -0.05) is 12.2 Å². The first-order valence-electron chi connectivity index (χ1n) is 3.96. The molecule has 3 N–H and O–H groups in total. The number of likely N-dealkylation sites (N-methyl/N-ethyl adjacent to an activating group) is 1. The first-order chi connectivity index (χ1) is 5.33. The fourth-order valence-corrected chi connectivity index (χ4v) is 0.985. The monoisotopic (exact) mass is 190 g/mol. The Labute approximate surface area is 79.5 Å². The average Bonchev–Trinajstić information content (AvgIpc) is 2.01. The zero-order valence-electron chi connectivity index (χ0n) is 8.16. The molecule has 0 heterocycles. The van der Waals surface area contributed by atoms with E-state index in [1.807, 2.05) is 32.7 Å². The molecule has 0 amide bonds. The maximum absolute atomic E-state index is 9.07. The zero-order chi connectivity index (χ0) is 9.94. The highest BCUT2D eigenvalue weighted by atomic mass is 32.1. The third-order valence-corrected chi connectivity index (χ3v) is 2.68. The molecule has 0 spiro atoms. The lowest BCUT2D eigenvalue weighted by Gasteiger charge is -2.37. The van der Waals surface area contributed by atoms with E-state index in [1.54, 1.807) is 0 Å². The van der Waals surface area contributed by atoms with Crippen molar-refractivity contribution in [3.8, 4) is 0 Å². The Morgan fingerprint density at radius 1 is 1.67 bits per heavy atom. The van der Waals surface area contributed by atoms with Crippen molar-refractivity contribution in [3.63, 3.8) is 0 Å². The lowest BCUT2D eigenvalue weighted by Crippen LogP contribution is -2.52. The summed E-state index contributed by atoms with van der Waals surface area (Å²) in [5.74, 6) is 0. The van der Waals surface area contributed by atoms with Crippen LogP contribution in [0.25, 0.3) is 0 Å². The van der Waals surface area contributed by atoms with Crippen LogP contribution in [-0.2, 0) is 0 Å². The van der Waals surface area contributed by atoms with E-state index in [4.69, 9.17) is 23.1 Å². The summed E-state index contributed by atoms with van der Waals surface area (Å²) in [5.41, 5.74) is 5.22. The Bertz CT molecular complexity index is 170. The predicted octanol–water partition coefficient (Wildman–Crippen LogP) is 0.364. The summed E-state index contributed by atoms with van der Waals surface area (Å²) in [5, 5.41) is 9.07. The van der Waals surface area contributed by atoms with Crippen LogP contribution < -0.4 is 5.73 Å². The maximum Gasteiger partial charge on any atom is 0.0899 e. The smallest absolute Gasteiger partial charge is 0.0899 e. The Kier molecular flexibility index (Phi) is 4.10. The number of thiocarbonyl (C=S) groups is 1. The van der Waals surface area contributed by atoms with Gasteiger partial charge in [0.05, 0.1) is 17.6 Å². The van der Waals surface area contributed by atoms with E-state index in [9.17, 15) is 0 Å². The summed E-state index contributed by atoms with van der Waals surface area (Å²) in [6.45, 7) is 5.92. The summed E-state index contributed by atoms with van der Waals surface area (Å²) >= 11 is 4.87. The third kappa shape index (κ3) is 2.69. The largest absolute Gasteiger partial charge is 0.394 e. The van der Waals surface area contributed by atoms with Crippen LogP contribution in [0.2, 0.25) is 0 Å². The molecule has 0 fully saturated rings. The second-order valence-electron chi connectivity index (χ2n) is 3.66. The van der Waals surface area contributed by atoms with Gasteiger partial charge in [0.25, 0.3) is 0 Å². The molecule has 0 aliphatic rings. The zero-order valence-corrected chi connectivity index (χ0v) is 8.98. The van der Waals surface area contributed by atoms with Gasteiger partial charge < -0.3 is 10.8 Å². The van der Waals surface area contributed by atoms with Gasteiger partial charge in [-0.05, 0) is 27.8 Å². The number of hydrogen-bond donors (Lipinski definition) is 2. The van der Waals surface area contributed by atoms with Crippen LogP contribution in [0.4, 0.5) is 0 Å². The number of aliphatic hydroxyl groups is 1. The summed E-state index contributed by atoms with van der Waals surface area (Å²) in [4.78, 5) is 2.43. The number of rotatable bonds is 4. The first-order valence-corrected chi connectivity index (χ1v) is 4.37. The highest BCUT2D eigenvalue weighted by molar-refractivity contribution is 7.80. The number of nitrogens with zero attached hydrogens (tertiary/aromatic N) is 1. The van der Waals surface area contributed by atoms with Crippen molar-refractivity contribution in [2.75, 3.05) is 13.7 Å². The molecule has 0 saturated carbocycles. The molecule has 3 nitrogen and oxygen atoms in total. The molecule has 1 unspecified atom stereocenters. The number of hydrogen-bond acceptors (Lipinski definition) is 3. The minimum atomic E-state index is -0.275. The van der Waals surface area contributed by atoms with Gasteiger partial charge in [0, 0.05) is 5.54 Å². The van der Waals surface area contributed by atoms with Crippen molar-refractivity contribution in [1.29, 1.82) is 0 Å². The standard InChI is InChI=1S/C8H18N2OS/c1-6(7(9)12)10(4)8(2,3)5-11/h6,11H,5H2,1-4H3,(H2,9,12). The van der Waals surface area contributed by atoms with Gasteiger partial charge >= 0.3 is 0 Å². The fourth-order valence-electron chi connectivity index (χ4n) is 0.827. The summed E-state index contributed by atoms with van der Waals surface area (Å²) in [6, 6.07) is 0.0159. The van der Waals surface area contributed by atoms with Crippen LogP contribution in [-0.4, -0.2) is 40.2 Å². The average molecular weight is 190 g/mol. The molecule has 72 valence electrons. The van der Waals surface area contributed by atoms with Crippen molar-refractivity contribution in [1.82, 2.24) is 4.90 Å². The molecule has 0 aromatic heterocycles. The molecule has 0 aliphatic carbocycles. The van der Waals surface area contributed by atoms with Gasteiger partial charge in [-0.3, -0.25) is 4.90 Å². The molecule has 0 rings (SSSR count). The molecule has 1 atom stereocenters. The van der Waals surface area contributed by atoms with E-state index in [2.05, 4.69) is 0 Å². The van der Waals surface area contributed by atoms with Gasteiger partial charge in [-0.2, -0.15) is 0 Å². The normalized spacial score (nSPS) is 14.8. The number of nitrogens with two attached hydrogens (primary N) is 1. The molecule has 12 heavy (non-hydrogen) atoms. The van der Waals surface area contributed by atoms with Crippen LogP contribution in [0.5, 0.6) is 0 Å². The van der Waals surface area contributed by atoms with E-state index in [-0.39, 0.29) is 18.2 Å². The van der Waals surface area contributed by atoms with Crippen molar-refractivity contribution in [2.45, 2.75) is 32.4 Å². The van der Waals surface area contributed by atoms with Crippen molar-refractivity contribution >= 4 is 17.2 Å². The molecule has 0 aromatic rings. The van der Waals surface area contributed by atoms with E-state index < -0.39 is 0 Å². The SMILES string of the molecule is CC(C(N)=S)N(C)C(C)(C)CO. The fraction of sp³-hybridized carbons (Fsp3) is 0.875. The second-order valence-corrected chi connectivity index (χ2v) is 4.13. The Morgan fingerprint density at radius 3 is 2.33 bits per heavy atom. The van der Waals surface area contributed by atoms with E-state index >= 15 is 0 Å². The van der Waals surface area contributed by atoms with Crippen LogP contribution >= 0.6 is 12.2 Å². The van der Waals surface area contributed by atoms with Crippen molar-refractivity contribution < 1.29 is 5.11 Å². The summed E-state index contributed by atoms with van der Waals surface area (Å²) in [7, 11) is 1.90. The molecule has 0 saturated heterocycles. The van der Waals surface area contributed by atoms with Crippen LogP contribution in [0.1, 0.15) is 20.8 Å². The van der Waals surface area contributed by atoms with Gasteiger partial charge in [0.2, 0.25) is 0 Å². The lowest BCUT2D eigenvalue weighted by atomic mass is 10.0. The van der Waals surface area contributed by atoms with E-state index in [0.717, 1.165) is 0 Å². The minimum Gasteiger partial charge on any atom is -0.394 e. The molecule has 0 radical (unpaired) electrons. The van der Waals surface area contributed by atoms with E-state index in [1.165, 1.54) is 0 Å². The molecule has 4 heteroatoms. The maximum atomic E-state index is 9.07. The van der Waals surface area contributed by atoms with Crippen LogP contribution in [0.3, 0.4) is 0 Å². The molecular weight excluding hydrogens is 172 g/mol. The topological polar surface area (TPSA) is 49.5 Å². The predicted molar refractivity (Wildman–Crippen MR) is 55.2 cm³/mol. The summed E-state index contributed by atoms with van der Waals surface area (Å²) in [6.07, 6.45) is 0. The quantitative estimate of drug-likeness (QED) is 0.629. The van der Waals surface area contributed by atoms with Crippen LogP contribution in [0.15, 0.2) is 0 Å². The van der Waals surface area contributed by atoms with Gasteiger partial charge in [-0.25, -0.2) is 0 Å². The van der Waals surface area contributed by atoms with Crippen LogP contribution in [0, 0.1) is 0 Å². The third-order valence-electron chi connectivity index (χ3n) is 2.33. The highest BCUT2D eigenvalue weighted by Gasteiger charge is 2.27. The summed E-state index contributed by atoms with van der Waals surface area (Å²) < 4.78 is 0.